The van der Waals surface area contributed by atoms with Crippen LogP contribution in [0.3, 0.4) is 0 Å². The van der Waals surface area contributed by atoms with Gasteiger partial charge in [0.05, 0.1) is 24.7 Å². The molecule has 0 atom stereocenters. The smallest absolute Gasteiger partial charge is 0.315 e. The average Bonchev–Trinajstić information content (AvgIpc) is 2.73. The molecular weight excluding hydrogens is 242 g/mol. The maximum absolute atomic E-state index is 10.9. The van der Waals surface area contributed by atoms with Crippen molar-refractivity contribution < 1.29 is 19.5 Å². The number of nitro groups is 1. The highest BCUT2D eigenvalue weighted by Crippen LogP contribution is 2.34. The molecule has 2 heterocycles. The third-order valence-electron chi connectivity index (χ3n) is 2.93. The fourth-order valence-corrected chi connectivity index (χ4v) is 1.74. The van der Waals surface area contributed by atoms with Crippen molar-refractivity contribution in [2.24, 2.45) is 12.5 Å². The van der Waals surface area contributed by atoms with Crippen molar-refractivity contribution in [1.29, 1.82) is 0 Å². The Labute approximate surface area is 103 Å². The number of hydrogen-bond acceptors (Lipinski definition) is 6. The quantitative estimate of drug-likeness (QED) is 0.620. The van der Waals surface area contributed by atoms with Gasteiger partial charge in [0.15, 0.2) is 5.69 Å². The second kappa shape index (κ2) is 4.63. The molecule has 0 amide bonds. The van der Waals surface area contributed by atoms with Crippen molar-refractivity contribution in [2.45, 2.75) is 13.2 Å². The van der Waals surface area contributed by atoms with Gasteiger partial charge in [-0.1, -0.05) is 6.92 Å². The monoisotopic (exact) mass is 257 g/mol. The minimum atomic E-state index is -0.822. The number of ether oxygens (including phenoxy) is 2. The van der Waals surface area contributed by atoms with Crippen LogP contribution in [0, 0.1) is 15.5 Å². The molecule has 1 fully saturated rings. The molecule has 100 valence electrons. The molecule has 1 aromatic rings. The normalized spacial score (nSPS) is 28.3. The van der Waals surface area contributed by atoms with E-state index in [1.54, 1.807) is 7.05 Å². The van der Waals surface area contributed by atoms with Gasteiger partial charge in [-0.05, 0) is 0 Å². The van der Waals surface area contributed by atoms with Gasteiger partial charge in [0.25, 0.3) is 0 Å². The molecule has 0 saturated carbocycles. The number of aliphatic hydroxyl groups excluding tert-OH is 1. The van der Waals surface area contributed by atoms with E-state index in [0.29, 0.717) is 0 Å². The van der Waals surface area contributed by atoms with E-state index in [1.165, 1.54) is 10.9 Å². The van der Waals surface area contributed by atoms with Crippen molar-refractivity contribution in [3.63, 3.8) is 0 Å². The van der Waals surface area contributed by atoms with Crippen molar-refractivity contribution in [3.05, 3.63) is 22.0 Å². The third-order valence-corrected chi connectivity index (χ3v) is 2.93. The maximum atomic E-state index is 10.9. The first kappa shape index (κ1) is 12.9. The van der Waals surface area contributed by atoms with Gasteiger partial charge in [-0.3, -0.25) is 14.8 Å². The first-order valence-electron chi connectivity index (χ1n) is 5.47. The summed E-state index contributed by atoms with van der Waals surface area (Å²) in [6.07, 6.45) is 0.347. The van der Waals surface area contributed by atoms with Crippen molar-refractivity contribution in [1.82, 2.24) is 9.78 Å². The van der Waals surface area contributed by atoms with Gasteiger partial charge >= 0.3 is 5.69 Å². The van der Waals surface area contributed by atoms with Crippen LogP contribution in [0.2, 0.25) is 0 Å². The largest absolute Gasteiger partial charge is 0.396 e. The van der Waals surface area contributed by atoms with E-state index in [0.717, 1.165) is 0 Å². The molecule has 0 aromatic carbocycles. The number of nitrogens with zero attached hydrogens (tertiary/aromatic N) is 3. The second-order valence-corrected chi connectivity index (χ2v) is 4.72. The summed E-state index contributed by atoms with van der Waals surface area (Å²) in [7, 11) is 1.59. The summed E-state index contributed by atoms with van der Waals surface area (Å²) in [4.78, 5) is 10.3. The van der Waals surface area contributed by atoms with Crippen LogP contribution in [0.1, 0.15) is 18.9 Å². The van der Waals surface area contributed by atoms with Gasteiger partial charge in [-0.25, -0.2) is 0 Å². The summed E-state index contributed by atoms with van der Waals surface area (Å²) < 4.78 is 12.3. The Balaban J connectivity index is 2.19. The Morgan fingerprint density at radius 3 is 2.78 bits per heavy atom. The van der Waals surface area contributed by atoms with Crippen LogP contribution in [-0.2, 0) is 16.5 Å². The lowest BCUT2D eigenvalue weighted by Crippen LogP contribution is -2.39. The summed E-state index contributed by atoms with van der Waals surface area (Å²) in [5, 5.41) is 23.9. The van der Waals surface area contributed by atoms with Gasteiger partial charge in [0, 0.05) is 12.5 Å². The molecule has 0 spiro atoms. The van der Waals surface area contributed by atoms with Crippen LogP contribution in [0.25, 0.3) is 0 Å². The average molecular weight is 257 g/mol. The van der Waals surface area contributed by atoms with Crippen molar-refractivity contribution in [2.75, 3.05) is 19.8 Å². The van der Waals surface area contributed by atoms with Crippen molar-refractivity contribution in [3.8, 4) is 0 Å². The minimum absolute atomic E-state index is 0.0623. The standard InChI is InChI=1S/C10H15N3O5/c1-10(4-14)5-17-9(18-6-10)8-7(13(15)16)3-11-12(8)2/h3,9,14H,4-6H2,1-2H3/t9-,10+. The van der Waals surface area contributed by atoms with E-state index in [2.05, 4.69) is 5.10 Å². The zero-order valence-electron chi connectivity index (χ0n) is 10.2. The van der Waals surface area contributed by atoms with Crippen LogP contribution in [0.4, 0.5) is 5.69 Å². The van der Waals surface area contributed by atoms with E-state index in [4.69, 9.17) is 9.47 Å². The van der Waals surface area contributed by atoms with E-state index < -0.39 is 16.6 Å². The molecule has 8 heteroatoms. The lowest BCUT2D eigenvalue weighted by Gasteiger charge is -2.35. The summed E-state index contributed by atoms with van der Waals surface area (Å²) in [5.74, 6) is 0. The molecule has 1 aromatic heterocycles. The lowest BCUT2D eigenvalue weighted by atomic mass is 9.93. The Morgan fingerprint density at radius 1 is 1.67 bits per heavy atom. The molecular formula is C10H15N3O5. The highest BCUT2D eigenvalue weighted by Gasteiger charge is 2.37. The molecule has 1 aliphatic heterocycles. The molecule has 0 radical (unpaired) electrons. The summed E-state index contributed by atoms with van der Waals surface area (Å²) in [6.45, 7) is 2.31. The predicted octanol–water partition coefficient (Wildman–Crippen LogP) is 0.372. The summed E-state index contributed by atoms with van der Waals surface area (Å²) in [6, 6.07) is 0. The first-order chi connectivity index (χ1) is 8.47. The molecule has 0 unspecified atom stereocenters. The molecule has 18 heavy (non-hydrogen) atoms. The highest BCUT2D eigenvalue weighted by atomic mass is 16.7. The van der Waals surface area contributed by atoms with Gasteiger partial charge in [0.2, 0.25) is 6.29 Å². The number of aromatic nitrogens is 2. The minimum Gasteiger partial charge on any atom is -0.396 e. The molecule has 1 saturated heterocycles. The van der Waals surface area contributed by atoms with E-state index >= 15 is 0 Å². The summed E-state index contributed by atoms with van der Waals surface area (Å²) in [5.41, 5.74) is -0.320. The maximum Gasteiger partial charge on any atom is 0.315 e. The number of aliphatic hydroxyl groups is 1. The van der Waals surface area contributed by atoms with Gasteiger partial charge in [0.1, 0.15) is 6.20 Å². The number of hydrogen-bond donors (Lipinski definition) is 1. The molecule has 1 N–H and O–H groups in total. The molecule has 1 aliphatic rings. The van der Waals surface area contributed by atoms with Gasteiger partial charge < -0.3 is 14.6 Å². The van der Waals surface area contributed by atoms with E-state index in [9.17, 15) is 15.2 Å². The third kappa shape index (κ3) is 2.22. The first-order valence-corrected chi connectivity index (χ1v) is 5.47. The number of aryl methyl sites for hydroxylation is 1. The van der Waals surface area contributed by atoms with Crippen LogP contribution >= 0.6 is 0 Å². The highest BCUT2D eigenvalue weighted by molar-refractivity contribution is 5.34. The predicted molar refractivity (Wildman–Crippen MR) is 59.7 cm³/mol. The zero-order chi connectivity index (χ0) is 13.3. The SMILES string of the molecule is Cn1ncc([N+](=O)[O-])c1[C@H]1OC[C@@](C)(CO)CO1. The topological polar surface area (TPSA) is 99.7 Å². The lowest BCUT2D eigenvalue weighted by molar-refractivity contribution is -0.388. The Hall–Kier alpha value is -1.51. The van der Waals surface area contributed by atoms with Crippen LogP contribution in [-0.4, -0.2) is 39.6 Å². The van der Waals surface area contributed by atoms with Crippen LogP contribution in [0.15, 0.2) is 6.20 Å². The Morgan fingerprint density at radius 2 is 2.28 bits per heavy atom. The second-order valence-electron chi connectivity index (χ2n) is 4.72. The van der Waals surface area contributed by atoms with Crippen molar-refractivity contribution >= 4 is 5.69 Å². The van der Waals surface area contributed by atoms with Crippen LogP contribution in [0.5, 0.6) is 0 Å². The fraction of sp³-hybridized carbons (Fsp3) is 0.700. The molecule has 0 aliphatic carbocycles. The van der Waals surface area contributed by atoms with E-state index in [-0.39, 0.29) is 31.2 Å². The molecule has 0 bridgehead atoms. The summed E-state index contributed by atoms with van der Waals surface area (Å²) >= 11 is 0. The van der Waals surface area contributed by atoms with E-state index in [1.807, 2.05) is 6.92 Å². The van der Waals surface area contributed by atoms with Gasteiger partial charge in [-0.2, -0.15) is 5.10 Å². The Bertz CT molecular complexity index is 450. The molecule has 8 nitrogen and oxygen atoms in total. The fourth-order valence-electron chi connectivity index (χ4n) is 1.74. The molecule has 2 rings (SSSR count). The Kier molecular flexibility index (Phi) is 3.33. The van der Waals surface area contributed by atoms with Crippen LogP contribution < -0.4 is 0 Å². The number of rotatable bonds is 3. The zero-order valence-corrected chi connectivity index (χ0v) is 10.2. The van der Waals surface area contributed by atoms with Gasteiger partial charge in [-0.15, -0.1) is 0 Å².